The normalized spacial score (nSPS) is 30.9. The molecule has 104 valence electrons. The summed E-state index contributed by atoms with van der Waals surface area (Å²) in [6.07, 6.45) is 12.8. The number of rotatable bonds is 5. The molecule has 0 aromatic rings. The van der Waals surface area contributed by atoms with Crippen molar-refractivity contribution in [3.05, 3.63) is 11.6 Å². The standard InChI is InChI=1S/C16H29NO/c1-3-17-12-15(14-7-5-4-6-8-14)11-16-10-9-13(2)18-16/h11,13-14,16-17H,3-10,12H2,1-2H3/b15-11-. The molecule has 1 aliphatic carbocycles. The van der Waals surface area contributed by atoms with Crippen molar-refractivity contribution in [3.8, 4) is 0 Å². The Morgan fingerprint density at radius 3 is 2.56 bits per heavy atom. The first-order valence-electron chi connectivity index (χ1n) is 7.86. The molecule has 2 aliphatic rings. The SMILES string of the molecule is CCNC/C(=C/C1CCC(C)O1)C1CCCCC1. The highest BCUT2D eigenvalue weighted by atomic mass is 16.5. The topological polar surface area (TPSA) is 21.3 Å². The van der Waals surface area contributed by atoms with Gasteiger partial charge in [0.05, 0.1) is 12.2 Å². The number of likely N-dealkylation sites (N-methyl/N-ethyl adjacent to an activating group) is 1. The van der Waals surface area contributed by atoms with Crippen molar-refractivity contribution in [2.24, 2.45) is 5.92 Å². The fourth-order valence-electron chi connectivity index (χ4n) is 3.28. The summed E-state index contributed by atoms with van der Waals surface area (Å²) in [5.74, 6) is 0.817. The van der Waals surface area contributed by atoms with Gasteiger partial charge in [0.2, 0.25) is 0 Å². The molecule has 2 rings (SSSR count). The maximum Gasteiger partial charge on any atom is 0.0763 e. The zero-order valence-electron chi connectivity index (χ0n) is 12.1. The highest BCUT2D eigenvalue weighted by molar-refractivity contribution is 5.13. The van der Waals surface area contributed by atoms with E-state index in [-0.39, 0.29) is 0 Å². The zero-order chi connectivity index (χ0) is 12.8. The smallest absolute Gasteiger partial charge is 0.0763 e. The van der Waals surface area contributed by atoms with E-state index in [1.807, 2.05) is 0 Å². The van der Waals surface area contributed by atoms with Crippen LogP contribution in [-0.4, -0.2) is 25.3 Å². The van der Waals surface area contributed by atoms with Crippen molar-refractivity contribution in [1.82, 2.24) is 5.32 Å². The van der Waals surface area contributed by atoms with Gasteiger partial charge in [-0.05, 0) is 45.1 Å². The number of ether oxygens (including phenoxy) is 1. The predicted molar refractivity (Wildman–Crippen MR) is 76.8 cm³/mol. The van der Waals surface area contributed by atoms with Crippen molar-refractivity contribution in [3.63, 3.8) is 0 Å². The average Bonchev–Trinajstić information content (AvgIpc) is 2.81. The number of nitrogens with one attached hydrogen (secondary N) is 1. The van der Waals surface area contributed by atoms with E-state index in [0.29, 0.717) is 12.2 Å². The first-order chi connectivity index (χ1) is 8.79. The molecule has 0 aromatic carbocycles. The van der Waals surface area contributed by atoms with Crippen LogP contribution in [-0.2, 0) is 4.74 Å². The van der Waals surface area contributed by atoms with Crippen LogP contribution < -0.4 is 5.32 Å². The lowest BCUT2D eigenvalue weighted by atomic mass is 9.83. The first kappa shape index (κ1) is 14.1. The summed E-state index contributed by atoms with van der Waals surface area (Å²) in [6.45, 7) is 6.51. The molecular weight excluding hydrogens is 222 g/mol. The Morgan fingerprint density at radius 2 is 1.94 bits per heavy atom. The van der Waals surface area contributed by atoms with Gasteiger partial charge < -0.3 is 10.1 Å². The maximum atomic E-state index is 5.96. The molecule has 18 heavy (non-hydrogen) atoms. The molecule has 1 N–H and O–H groups in total. The van der Waals surface area contributed by atoms with Crippen LogP contribution in [0.4, 0.5) is 0 Å². The minimum Gasteiger partial charge on any atom is -0.371 e. The first-order valence-corrected chi connectivity index (χ1v) is 7.86. The second kappa shape index (κ2) is 7.30. The third-order valence-electron chi connectivity index (χ3n) is 4.37. The highest BCUT2D eigenvalue weighted by Crippen LogP contribution is 2.31. The minimum absolute atomic E-state index is 0.385. The molecule has 1 aliphatic heterocycles. The predicted octanol–water partition coefficient (Wildman–Crippen LogP) is 3.67. The zero-order valence-corrected chi connectivity index (χ0v) is 12.1. The van der Waals surface area contributed by atoms with Crippen LogP contribution in [0.15, 0.2) is 11.6 Å². The van der Waals surface area contributed by atoms with E-state index in [2.05, 4.69) is 25.2 Å². The molecule has 0 bridgehead atoms. The molecule has 2 unspecified atom stereocenters. The lowest BCUT2D eigenvalue weighted by Crippen LogP contribution is -2.23. The molecule has 2 heteroatoms. The molecule has 0 amide bonds. The fourth-order valence-corrected chi connectivity index (χ4v) is 3.28. The number of hydrogen-bond donors (Lipinski definition) is 1. The van der Waals surface area contributed by atoms with Crippen molar-refractivity contribution in [2.75, 3.05) is 13.1 Å². The molecule has 1 saturated heterocycles. The van der Waals surface area contributed by atoms with Crippen LogP contribution in [0, 0.1) is 5.92 Å². The van der Waals surface area contributed by atoms with Gasteiger partial charge >= 0.3 is 0 Å². The molecule has 2 fully saturated rings. The largest absolute Gasteiger partial charge is 0.371 e. The molecule has 0 radical (unpaired) electrons. The maximum absolute atomic E-state index is 5.96. The second-order valence-electron chi connectivity index (χ2n) is 5.92. The highest BCUT2D eigenvalue weighted by Gasteiger charge is 2.23. The van der Waals surface area contributed by atoms with Crippen molar-refractivity contribution >= 4 is 0 Å². The number of hydrogen-bond acceptors (Lipinski definition) is 2. The molecule has 2 atom stereocenters. The molecular formula is C16H29NO. The summed E-state index contributed by atoms with van der Waals surface area (Å²) < 4.78 is 5.96. The summed E-state index contributed by atoms with van der Waals surface area (Å²) in [7, 11) is 0. The van der Waals surface area contributed by atoms with Crippen LogP contribution in [0.25, 0.3) is 0 Å². The van der Waals surface area contributed by atoms with Crippen LogP contribution in [0.5, 0.6) is 0 Å². The van der Waals surface area contributed by atoms with Crippen LogP contribution >= 0.6 is 0 Å². The van der Waals surface area contributed by atoms with E-state index in [9.17, 15) is 0 Å². The Hall–Kier alpha value is -0.340. The van der Waals surface area contributed by atoms with E-state index in [1.54, 1.807) is 5.57 Å². The van der Waals surface area contributed by atoms with E-state index < -0.39 is 0 Å². The van der Waals surface area contributed by atoms with Gasteiger partial charge in [-0.3, -0.25) is 0 Å². The van der Waals surface area contributed by atoms with E-state index in [1.165, 1.54) is 44.9 Å². The van der Waals surface area contributed by atoms with Gasteiger partial charge in [0.1, 0.15) is 0 Å². The van der Waals surface area contributed by atoms with Gasteiger partial charge in [-0.25, -0.2) is 0 Å². The quantitative estimate of drug-likeness (QED) is 0.753. The van der Waals surface area contributed by atoms with Crippen molar-refractivity contribution in [2.45, 2.75) is 71.0 Å². The lowest BCUT2D eigenvalue weighted by molar-refractivity contribution is 0.0823. The molecule has 2 nitrogen and oxygen atoms in total. The van der Waals surface area contributed by atoms with Gasteiger partial charge in [-0.1, -0.05) is 37.8 Å². The fraction of sp³-hybridized carbons (Fsp3) is 0.875. The Morgan fingerprint density at radius 1 is 1.17 bits per heavy atom. The summed E-state index contributed by atoms with van der Waals surface area (Å²) in [5, 5.41) is 3.51. The third kappa shape index (κ3) is 4.10. The van der Waals surface area contributed by atoms with Gasteiger partial charge in [-0.15, -0.1) is 0 Å². The van der Waals surface area contributed by atoms with Crippen LogP contribution in [0.1, 0.15) is 58.8 Å². The van der Waals surface area contributed by atoms with Gasteiger partial charge in [0.25, 0.3) is 0 Å². The molecule has 0 spiro atoms. The third-order valence-corrected chi connectivity index (χ3v) is 4.37. The summed E-state index contributed by atoms with van der Waals surface area (Å²) in [4.78, 5) is 0. The van der Waals surface area contributed by atoms with Crippen LogP contribution in [0.2, 0.25) is 0 Å². The second-order valence-corrected chi connectivity index (χ2v) is 5.92. The van der Waals surface area contributed by atoms with Crippen LogP contribution in [0.3, 0.4) is 0 Å². The van der Waals surface area contributed by atoms with E-state index in [0.717, 1.165) is 19.0 Å². The van der Waals surface area contributed by atoms with Gasteiger partial charge in [0.15, 0.2) is 0 Å². The Balaban J connectivity index is 1.96. The van der Waals surface area contributed by atoms with E-state index in [4.69, 9.17) is 4.74 Å². The summed E-state index contributed by atoms with van der Waals surface area (Å²) in [6, 6.07) is 0. The van der Waals surface area contributed by atoms with Crippen molar-refractivity contribution in [1.29, 1.82) is 0 Å². The Labute approximate surface area is 112 Å². The molecule has 0 aromatic heterocycles. The molecule has 1 heterocycles. The van der Waals surface area contributed by atoms with Gasteiger partial charge in [0, 0.05) is 6.54 Å². The Kier molecular flexibility index (Phi) is 5.71. The Bertz CT molecular complexity index is 268. The lowest BCUT2D eigenvalue weighted by Gasteiger charge is -2.26. The average molecular weight is 251 g/mol. The minimum atomic E-state index is 0.385. The summed E-state index contributed by atoms with van der Waals surface area (Å²) >= 11 is 0. The monoisotopic (exact) mass is 251 g/mol. The van der Waals surface area contributed by atoms with Crippen molar-refractivity contribution < 1.29 is 4.74 Å². The molecule has 1 saturated carbocycles. The van der Waals surface area contributed by atoms with E-state index >= 15 is 0 Å². The van der Waals surface area contributed by atoms with Gasteiger partial charge in [-0.2, -0.15) is 0 Å². The summed E-state index contributed by atoms with van der Waals surface area (Å²) in [5.41, 5.74) is 1.62.